The summed E-state index contributed by atoms with van der Waals surface area (Å²) in [7, 11) is 1.72. The van der Waals surface area contributed by atoms with Crippen molar-refractivity contribution in [2.24, 2.45) is 5.92 Å². The number of hydrogen-bond donors (Lipinski definition) is 1. The molecule has 1 aromatic rings. The fourth-order valence-electron chi connectivity index (χ4n) is 1.97. The number of benzene rings is 1. The molecule has 0 saturated carbocycles. The average molecular weight is 251 g/mol. The van der Waals surface area contributed by atoms with Crippen LogP contribution in [0.4, 0.5) is 5.69 Å². The van der Waals surface area contributed by atoms with Crippen LogP contribution in [0.25, 0.3) is 0 Å². The van der Waals surface area contributed by atoms with Crippen LogP contribution in [-0.2, 0) is 4.74 Å². The fourth-order valence-corrected chi connectivity index (χ4v) is 1.97. The highest BCUT2D eigenvalue weighted by atomic mass is 16.7. The van der Waals surface area contributed by atoms with E-state index in [2.05, 4.69) is 12.2 Å². The van der Waals surface area contributed by atoms with Gasteiger partial charge >= 0.3 is 0 Å². The van der Waals surface area contributed by atoms with E-state index in [-0.39, 0.29) is 0 Å². The first kappa shape index (κ1) is 13.0. The molecule has 1 aliphatic rings. The highest BCUT2D eigenvalue weighted by Gasteiger charge is 2.31. The van der Waals surface area contributed by atoms with Crippen LogP contribution in [0, 0.1) is 5.92 Å². The summed E-state index contributed by atoms with van der Waals surface area (Å²) in [6.45, 7) is 7.58. The number of fused-ring (bicyclic) bond motifs is 1. The Kier molecular flexibility index (Phi) is 3.66. The van der Waals surface area contributed by atoms with Crippen molar-refractivity contribution in [3.8, 4) is 11.5 Å². The maximum Gasteiger partial charge on any atom is 0.246 e. The van der Waals surface area contributed by atoms with Gasteiger partial charge in [0.05, 0.1) is 6.61 Å². The molecule has 1 aromatic carbocycles. The Labute approximate surface area is 108 Å². The summed E-state index contributed by atoms with van der Waals surface area (Å²) in [4.78, 5) is 0. The second-order valence-electron chi connectivity index (χ2n) is 5.21. The van der Waals surface area contributed by atoms with Crippen LogP contribution in [0.3, 0.4) is 0 Å². The van der Waals surface area contributed by atoms with E-state index in [0.717, 1.165) is 30.3 Å². The highest BCUT2D eigenvalue weighted by molar-refractivity contribution is 5.56. The molecule has 1 unspecified atom stereocenters. The standard InChI is InChI=1S/C14H21NO3/c1-10(9-16-4)8-15-11-5-6-12-13(7-11)18-14(2,3)17-12/h5-7,10,15H,8-9H2,1-4H3. The van der Waals surface area contributed by atoms with Gasteiger partial charge in [0.2, 0.25) is 5.79 Å². The summed E-state index contributed by atoms with van der Waals surface area (Å²) in [6.07, 6.45) is 0. The van der Waals surface area contributed by atoms with E-state index in [0.29, 0.717) is 5.92 Å². The third kappa shape index (κ3) is 3.07. The van der Waals surface area contributed by atoms with Crippen LogP contribution >= 0.6 is 0 Å². The maximum absolute atomic E-state index is 5.70. The van der Waals surface area contributed by atoms with Crippen molar-refractivity contribution in [2.45, 2.75) is 26.6 Å². The molecule has 18 heavy (non-hydrogen) atoms. The zero-order valence-corrected chi connectivity index (χ0v) is 11.4. The van der Waals surface area contributed by atoms with Crippen LogP contribution in [0.15, 0.2) is 18.2 Å². The van der Waals surface area contributed by atoms with E-state index in [1.54, 1.807) is 7.11 Å². The predicted molar refractivity (Wildman–Crippen MR) is 71.3 cm³/mol. The summed E-state index contributed by atoms with van der Waals surface area (Å²) in [5, 5.41) is 3.37. The molecule has 0 aliphatic carbocycles. The van der Waals surface area contributed by atoms with Gasteiger partial charge in [0.25, 0.3) is 0 Å². The summed E-state index contributed by atoms with van der Waals surface area (Å²) < 4.78 is 16.5. The number of ether oxygens (including phenoxy) is 3. The van der Waals surface area contributed by atoms with E-state index >= 15 is 0 Å². The van der Waals surface area contributed by atoms with E-state index < -0.39 is 5.79 Å². The molecule has 4 heteroatoms. The van der Waals surface area contributed by atoms with Crippen molar-refractivity contribution in [1.29, 1.82) is 0 Å². The number of rotatable bonds is 5. The van der Waals surface area contributed by atoms with Crippen molar-refractivity contribution < 1.29 is 14.2 Å². The minimum atomic E-state index is -0.565. The van der Waals surface area contributed by atoms with Crippen molar-refractivity contribution in [1.82, 2.24) is 0 Å². The molecule has 1 heterocycles. The smallest absolute Gasteiger partial charge is 0.246 e. The zero-order valence-electron chi connectivity index (χ0n) is 11.4. The third-order valence-corrected chi connectivity index (χ3v) is 2.76. The van der Waals surface area contributed by atoms with Gasteiger partial charge in [-0.3, -0.25) is 0 Å². The van der Waals surface area contributed by atoms with E-state index in [1.807, 2.05) is 32.0 Å². The molecule has 1 N–H and O–H groups in total. The Bertz CT molecular complexity index is 418. The van der Waals surface area contributed by atoms with Gasteiger partial charge in [-0.1, -0.05) is 6.92 Å². The lowest BCUT2D eigenvalue weighted by Crippen LogP contribution is -2.29. The van der Waals surface area contributed by atoms with Gasteiger partial charge in [-0.25, -0.2) is 0 Å². The Balaban J connectivity index is 1.97. The van der Waals surface area contributed by atoms with Gasteiger partial charge in [0.1, 0.15) is 0 Å². The monoisotopic (exact) mass is 251 g/mol. The summed E-state index contributed by atoms with van der Waals surface area (Å²) in [5.41, 5.74) is 1.04. The van der Waals surface area contributed by atoms with Crippen molar-refractivity contribution >= 4 is 5.69 Å². The van der Waals surface area contributed by atoms with Crippen LogP contribution in [0.5, 0.6) is 11.5 Å². The van der Waals surface area contributed by atoms with Gasteiger partial charge < -0.3 is 19.5 Å². The molecule has 0 bridgehead atoms. The zero-order chi connectivity index (χ0) is 13.2. The molecule has 0 aromatic heterocycles. The van der Waals surface area contributed by atoms with Gasteiger partial charge in [-0.15, -0.1) is 0 Å². The Morgan fingerprint density at radius 1 is 1.28 bits per heavy atom. The van der Waals surface area contributed by atoms with Crippen LogP contribution < -0.4 is 14.8 Å². The molecule has 2 rings (SSSR count). The molecule has 0 spiro atoms. The topological polar surface area (TPSA) is 39.7 Å². The van der Waals surface area contributed by atoms with Crippen LogP contribution in [-0.4, -0.2) is 26.0 Å². The second-order valence-corrected chi connectivity index (χ2v) is 5.21. The van der Waals surface area contributed by atoms with Crippen LogP contribution in [0.1, 0.15) is 20.8 Å². The number of nitrogens with one attached hydrogen (secondary N) is 1. The highest BCUT2D eigenvalue weighted by Crippen LogP contribution is 2.40. The molecule has 0 radical (unpaired) electrons. The fraction of sp³-hybridized carbons (Fsp3) is 0.571. The molecule has 1 atom stereocenters. The quantitative estimate of drug-likeness (QED) is 0.873. The average Bonchev–Trinajstić information content (AvgIpc) is 2.59. The first-order valence-corrected chi connectivity index (χ1v) is 6.25. The molecule has 0 fully saturated rings. The molecule has 100 valence electrons. The first-order chi connectivity index (χ1) is 8.50. The second kappa shape index (κ2) is 5.06. The minimum Gasteiger partial charge on any atom is -0.449 e. The van der Waals surface area contributed by atoms with Gasteiger partial charge in [0, 0.05) is 39.3 Å². The molecule has 1 aliphatic heterocycles. The lowest BCUT2D eigenvalue weighted by Gasteiger charge is -2.16. The number of anilines is 1. The summed E-state index contributed by atoms with van der Waals surface area (Å²) in [5.74, 6) is 1.50. The third-order valence-electron chi connectivity index (χ3n) is 2.76. The van der Waals surface area contributed by atoms with Gasteiger partial charge in [0.15, 0.2) is 11.5 Å². The number of hydrogen-bond acceptors (Lipinski definition) is 4. The molecule has 0 amide bonds. The predicted octanol–water partition coefficient (Wildman–Crippen LogP) is 2.89. The maximum atomic E-state index is 5.70. The Hall–Kier alpha value is -1.42. The molecule has 4 nitrogen and oxygen atoms in total. The largest absolute Gasteiger partial charge is 0.449 e. The van der Waals surface area contributed by atoms with Gasteiger partial charge in [-0.05, 0) is 18.1 Å². The number of methoxy groups -OCH3 is 1. The SMILES string of the molecule is COCC(C)CNc1ccc2c(c1)OC(C)(C)O2. The van der Waals surface area contributed by atoms with Crippen molar-refractivity contribution in [2.75, 3.05) is 25.6 Å². The summed E-state index contributed by atoms with van der Waals surface area (Å²) in [6, 6.07) is 5.92. The van der Waals surface area contributed by atoms with Crippen LogP contribution in [0.2, 0.25) is 0 Å². The van der Waals surface area contributed by atoms with Crippen molar-refractivity contribution in [3.05, 3.63) is 18.2 Å². The van der Waals surface area contributed by atoms with E-state index in [9.17, 15) is 0 Å². The molecule has 0 saturated heterocycles. The Morgan fingerprint density at radius 2 is 2.00 bits per heavy atom. The minimum absolute atomic E-state index is 0.469. The van der Waals surface area contributed by atoms with Crippen molar-refractivity contribution in [3.63, 3.8) is 0 Å². The lowest BCUT2D eigenvalue weighted by atomic mass is 10.2. The lowest BCUT2D eigenvalue weighted by molar-refractivity contribution is -0.0431. The first-order valence-electron chi connectivity index (χ1n) is 6.25. The normalized spacial score (nSPS) is 17.6. The van der Waals surface area contributed by atoms with E-state index in [1.165, 1.54) is 0 Å². The molecular formula is C14H21NO3. The Morgan fingerprint density at radius 3 is 2.72 bits per heavy atom. The van der Waals surface area contributed by atoms with Gasteiger partial charge in [-0.2, -0.15) is 0 Å². The van der Waals surface area contributed by atoms with E-state index in [4.69, 9.17) is 14.2 Å². The summed E-state index contributed by atoms with van der Waals surface area (Å²) >= 11 is 0. The molecular weight excluding hydrogens is 230 g/mol.